The average molecular weight is 809 g/mol. The lowest BCUT2D eigenvalue weighted by atomic mass is 9.75. The molecule has 16 nitrogen and oxygen atoms in total. The first-order valence-corrected chi connectivity index (χ1v) is 18.7. The number of hydroxylamine groups is 1. The van der Waals surface area contributed by atoms with E-state index in [1.807, 2.05) is 0 Å². The first-order valence-electron chi connectivity index (χ1n) is 18.7. The molecule has 1 amide bonds. The summed E-state index contributed by atoms with van der Waals surface area (Å²) < 4.78 is 96.6. The van der Waals surface area contributed by atoms with Gasteiger partial charge >= 0.3 is 18.3 Å². The maximum atomic E-state index is 14.3. The van der Waals surface area contributed by atoms with Crippen molar-refractivity contribution in [2.75, 3.05) is 26.4 Å². The lowest BCUT2D eigenvalue weighted by Crippen LogP contribution is -2.57. The molecule has 22 heteroatoms. The monoisotopic (exact) mass is 808 g/mol. The molecule has 0 saturated heterocycles. The maximum Gasteiger partial charge on any atom is 0.407 e. The molecule has 4 N–H and O–H groups in total. The molecule has 4 aliphatic rings. The summed E-state index contributed by atoms with van der Waals surface area (Å²) in [5.41, 5.74) is -1.54. The van der Waals surface area contributed by atoms with E-state index in [0.717, 1.165) is 0 Å². The number of nitro groups is 2. The summed E-state index contributed by atoms with van der Waals surface area (Å²) in [6, 6.07) is -3.27. The van der Waals surface area contributed by atoms with E-state index in [9.17, 15) is 61.3 Å². The highest BCUT2D eigenvalue weighted by Crippen LogP contribution is 2.51. The Balaban J connectivity index is 1.26. The Morgan fingerprint density at radius 1 is 0.709 bits per heavy atom. The number of carbonyl (C=O) groups is 2. The number of hydrogen-bond acceptors (Lipinski definition) is 12. The van der Waals surface area contributed by atoms with Crippen molar-refractivity contribution in [1.29, 1.82) is 0 Å². The van der Waals surface area contributed by atoms with Gasteiger partial charge < -0.3 is 24.7 Å². The zero-order chi connectivity index (χ0) is 40.6. The van der Waals surface area contributed by atoms with Crippen molar-refractivity contribution >= 4 is 11.9 Å². The second kappa shape index (κ2) is 19.5. The summed E-state index contributed by atoms with van der Waals surface area (Å²) in [4.78, 5) is 56.6. The number of carbonyl (C=O) groups excluding carboxylic acids is 1. The second-order valence-electron chi connectivity index (χ2n) is 15.3. The fraction of sp³-hybridized carbons (Fsp3) is 0.939. The number of carboxylic acids is 1. The quantitative estimate of drug-likeness (QED) is 0.0652. The molecule has 4 saturated carbocycles. The van der Waals surface area contributed by atoms with E-state index >= 15 is 0 Å². The number of hydrogen-bond donors (Lipinski definition) is 4. The van der Waals surface area contributed by atoms with E-state index in [1.54, 1.807) is 0 Å². The van der Waals surface area contributed by atoms with Gasteiger partial charge in [-0.25, -0.2) is 4.89 Å². The average Bonchev–Trinajstić information content (AvgIpc) is 3.12. The molecule has 6 unspecified atom stereocenters. The van der Waals surface area contributed by atoms with Gasteiger partial charge in [-0.1, -0.05) is 0 Å². The predicted molar refractivity (Wildman–Crippen MR) is 175 cm³/mol. The van der Waals surface area contributed by atoms with E-state index in [0.29, 0.717) is 19.3 Å². The SMILES string of the molecule is O=C(O)C1CCCC([N+](=O)[O-])C1C(=O)NC1CCC(OCC(COC2CCC(NOCC3C(COO)CCCC3[N+](=O)[O-])CC2)(C(F)(F)F)C(F)(F)F)CC1. The Morgan fingerprint density at radius 3 is 1.71 bits per heavy atom. The van der Waals surface area contributed by atoms with Crippen LogP contribution in [0.25, 0.3) is 0 Å². The summed E-state index contributed by atoms with van der Waals surface area (Å²) in [6.45, 7) is -3.65. The molecule has 4 aliphatic carbocycles. The van der Waals surface area contributed by atoms with Crippen molar-refractivity contribution in [2.45, 2.75) is 139 Å². The molecule has 55 heavy (non-hydrogen) atoms. The fourth-order valence-electron chi connectivity index (χ4n) is 8.52. The Morgan fingerprint density at radius 2 is 1.22 bits per heavy atom. The Bertz CT molecular complexity index is 1260. The second-order valence-corrected chi connectivity index (χ2v) is 15.3. The summed E-state index contributed by atoms with van der Waals surface area (Å²) in [5.74, 6) is -5.72. The summed E-state index contributed by atoms with van der Waals surface area (Å²) >= 11 is 0. The number of ether oxygens (including phenoxy) is 2. The van der Waals surface area contributed by atoms with Gasteiger partial charge in [-0.3, -0.25) is 35.1 Å². The van der Waals surface area contributed by atoms with E-state index in [1.165, 1.54) is 0 Å². The number of amides is 1. The summed E-state index contributed by atoms with van der Waals surface area (Å²) in [5, 5.41) is 44.1. The van der Waals surface area contributed by atoms with Gasteiger partial charge in [0.05, 0.1) is 50.5 Å². The van der Waals surface area contributed by atoms with Crippen LogP contribution in [-0.2, 0) is 28.8 Å². The number of halogens is 6. The normalized spacial score (nSPS) is 32.4. The third-order valence-corrected chi connectivity index (χ3v) is 11.9. The Hall–Kier alpha value is -2.92. The smallest absolute Gasteiger partial charge is 0.407 e. The fourth-order valence-corrected chi connectivity index (χ4v) is 8.52. The number of nitrogens with one attached hydrogen (secondary N) is 2. The minimum Gasteiger partial charge on any atom is -0.481 e. The van der Waals surface area contributed by atoms with Crippen molar-refractivity contribution in [2.24, 2.45) is 29.1 Å². The van der Waals surface area contributed by atoms with Crippen LogP contribution in [0.2, 0.25) is 0 Å². The molecular weight excluding hydrogens is 758 g/mol. The highest BCUT2D eigenvalue weighted by atomic mass is 19.4. The van der Waals surface area contributed by atoms with Crippen LogP contribution in [0.15, 0.2) is 0 Å². The lowest BCUT2D eigenvalue weighted by molar-refractivity contribution is -0.540. The highest BCUT2D eigenvalue weighted by molar-refractivity contribution is 5.85. The van der Waals surface area contributed by atoms with Crippen molar-refractivity contribution in [3.05, 3.63) is 20.2 Å². The van der Waals surface area contributed by atoms with E-state index in [2.05, 4.69) is 15.7 Å². The van der Waals surface area contributed by atoms with Gasteiger partial charge in [0.25, 0.3) is 0 Å². The van der Waals surface area contributed by atoms with Gasteiger partial charge in [-0.15, -0.1) is 0 Å². The van der Waals surface area contributed by atoms with Crippen LogP contribution >= 0.6 is 0 Å². The predicted octanol–water partition coefficient (Wildman–Crippen LogP) is 5.09. The highest BCUT2D eigenvalue weighted by Gasteiger charge is 2.71. The standard InChI is InChI=1S/C33H50F6N4O12/c34-32(35,36)31(33(37,38)39,17-52-22-11-7-20(8-12-22)40-29(44)28-24(30(45)46)4-2-6-27(28)43(49)50)18-53-23-13-9-21(10-14-23)41-54-16-25-19(15-55-51)3-1-5-26(25)42(47)48/h19-28,41,51H,1-18H2,(H,40,44)(H,45,46). The van der Waals surface area contributed by atoms with Crippen LogP contribution in [0.4, 0.5) is 26.3 Å². The molecule has 0 spiro atoms. The topological polar surface area (TPSA) is 222 Å². The molecule has 0 bridgehead atoms. The van der Waals surface area contributed by atoms with Crippen molar-refractivity contribution < 1.29 is 75.3 Å². The summed E-state index contributed by atoms with van der Waals surface area (Å²) in [6.07, 6.45) is -10.8. The van der Waals surface area contributed by atoms with E-state index in [4.69, 9.17) is 19.6 Å². The Labute approximate surface area is 312 Å². The molecule has 4 rings (SSSR count). The molecule has 0 aromatic heterocycles. The number of rotatable bonds is 17. The lowest BCUT2D eigenvalue weighted by Gasteiger charge is -2.40. The molecule has 0 radical (unpaired) electrons. The maximum absolute atomic E-state index is 14.3. The number of carboxylic acid groups (broad SMARTS) is 1. The molecule has 0 heterocycles. The molecule has 6 atom stereocenters. The van der Waals surface area contributed by atoms with Gasteiger partial charge in [0.2, 0.25) is 23.4 Å². The number of aliphatic carboxylic acids is 1. The van der Waals surface area contributed by atoms with E-state index in [-0.39, 0.29) is 95.8 Å². The molecule has 0 aliphatic heterocycles. The third-order valence-electron chi connectivity index (χ3n) is 11.9. The van der Waals surface area contributed by atoms with Gasteiger partial charge in [0.1, 0.15) is 5.92 Å². The van der Waals surface area contributed by atoms with Crippen molar-refractivity contribution in [3.63, 3.8) is 0 Å². The largest absolute Gasteiger partial charge is 0.481 e. The minimum atomic E-state index is -5.79. The third kappa shape index (κ3) is 11.4. The van der Waals surface area contributed by atoms with Crippen LogP contribution in [0, 0.1) is 49.3 Å². The summed E-state index contributed by atoms with van der Waals surface area (Å²) in [7, 11) is 0. The van der Waals surface area contributed by atoms with Gasteiger partial charge in [-0.05, 0) is 83.0 Å². The van der Waals surface area contributed by atoms with Crippen molar-refractivity contribution in [3.8, 4) is 0 Å². The van der Waals surface area contributed by atoms with Crippen LogP contribution in [0.3, 0.4) is 0 Å². The zero-order valence-electron chi connectivity index (χ0n) is 30.1. The molecule has 316 valence electrons. The first-order chi connectivity index (χ1) is 25.9. The van der Waals surface area contributed by atoms with Crippen LogP contribution in [0.5, 0.6) is 0 Å². The van der Waals surface area contributed by atoms with Crippen molar-refractivity contribution in [1.82, 2.24) is 10.8 Å². The van der Waals surface area contributed by atoms with Crippen LogP contribution in [0.1, 0.15) is 89.9 Å². The van der Waals surface area contributed by atoms with Gasteiger partial charge in [0.15, 0.2) is 0 Å². The Kier molecular flexibility index (Phi) is 15.9. The molecular formula is C33H50F6N4O12. The van der Waals surface area contributed by atoms with Crippen LogP contribution < -0.4 is 10.8 Å². The first kappa shape index (κ1) is 44.8. The van der Waals surface area contributed by atoms with Gasteiger partial charge in [-0.2, -0.15) is 31.8 Å². The van der Waals surface area contributed by atoms with Crippen LogP contribution in [-0.4, -0.2) is 107 Å². The zero-order valence-corrected chi connectivity index (χ0v) is 30.1. The molecule has 0 aromatic rings. The molecule has 0 aromatic carbocycles. The minimum absolute atomic E-state index is 0.0210. The number of nitrogens with zero attached hydrogens (tertiary/aromatic N) is 2. The van der Waals surface area contributed by atoms with E-state index < -0.39 is 101 Å². The number of alkyl halides is 6. The van der Waals surface area contributed by atoms with Gasteiger partial charge in [0, 0.05) is 34.8 Å². The molecule has 4 fully saturated rings.